The molecule has 0 aromatic carbocycles. The Balaban J connectivity index is 5.20. The van der Waals surface area contributed by atoms with Gasteiger partial charge in [-0.05, 0) is 20.8 Å². The van der Waals surface area contributed by atoms with Gasteiger partial charge < -0.3 is 15.3 Å². The van der Waals surface area contributed by atoms with Crippen molar-refractivity contribution in [2.24, 2.45) is 0 Å². The molecule has 0 aliphatic rings. The standard InChI is InChI=1S/C9H14O6/c1-4(10)7(13)8(14)9(15,5(2)11)6(3)12/h7-8,13-15H,1-3H3. The van der Waals surface area contributed by atoms with Crippen LogP contribution in [0.2, 0.25) is 0 Å². The van der Waals surface area contributed by atoms with Gasteiger partial charge in [0.15, 0.2) is 17.3 Å². The molecule has 0 heterocycles. The van der Waals surface area contributed by atoms with E-state index in [4.69, 9.17) is 5.11 Å². The lowest BCUT2D eigenvalue weighted by molar-refractivity contribution is -0.171. The molecular weight excluding hydrogens is 204 g/mol. The maximum Gasteiger partial charge on any atom is 0.209 e. The fraction of sp³-hybridized carbons (Fsp3) is 0.667. The molecule has 0 fully saturated rings. The third-order valence-electron chi connectivity index (χ3n) is 2.22. The predicted molar refractivity (Wildman–Crippen MR) is 49.0 cm³/mol. The number of hydrogen-bond donors (Lipinski definition) is 3. The summed E-state index contributed by atoms with van der Waals surface area (Å²) in [5.41, 5.74) is -2.73. The molecule has 0 bridgehead atoms. The highest BCUT2D eigenvalue weighted by Gasteiger charge is 2.49. The molecule has 0 saturated heterocycles. The third-order valence-corrected chi connectivity index (χ3v) is 2.22. The molecule has 0 saturated carbocycles. The summed E-state index contributed by atoms with van der Waals surface area (Å²) >= 11 is 0. The van der Waals surface area contributed by atoms with Gasteiger partial charge in [-0.15, -0.1) is 0 Å². The molecule has 0 rings (SSSR count). The smallest absolute Gasteiger partial charge is 0.209 e. The molecule has 0 radical (unpaired) electrons. The van der Waals surface area contributed by atoms with E-state index in [1.165, 1.54) is 0 Å². The summed E-state index contributed by atoms with van der Waals surface area (Å²) in [6, 6.07) is 0. The van der Waals surface area contributed by atoms with Crippen LogP contribution in [0, 0.1) is 0 Å². The SMILES string of the molecule is CC(=O)C(O)C(O)C(O)(C(C)=O)C(C)=O. The van der Waals surface area contributed by atoms with Crippen molar-refractivity contribution in [3.8, 4) is 0 Å². The van der Waals surface area contributed by atoms with Gasteiger partial charge in [0, 0.05) is 0 Å². The first-order valence-electron chi connectivity index (χ1n) is 4.26. The minimum atomic E-state index is -2.73. The average molecular weight is 218 g/mol. The second kappa shape index (κ2) is 4.61. The number of hydrogen-bond acceptors (Lipinski definition) is 6. The summed E-state index contributed by atoms with van der Waals surface area (Å²) in [4.78, 5) is 32.8. The number of aliphatic hydroxyl groups excluding tert-OH is 2. The number of carbonyl (C=O) groups is 3. The fourth-order valence-electron chi connectivity index (χ4n) is 1.12. The van der Waals surface area contributed by atoms with Gasteiger partial charge in [-0.3, -0.25) is 14.4 Å². The van der Waals surface area contributed by atoms with Crippen LogP contribution in [0.25, 0.3) is 0 Å². The van der Waals surface area contributed by atoms with E-state index in [0.717, 1.165) is 20.8 Å². The summed E-state index contributed by atoms with van der Waals surface area (Å²) in [5, 5.41) is 28.1. The summed E-state index contributed by atoms with van der Waals surface area (Å²) < 4.78 is 0. The highest BCUT2D eigenvalue weighted by Crippen LogP contribution is 2.17. The Kier molecular flexibility index (Phi) is 4.27. The molecule has 0 aromatic heterocycles. The van der Waals surface area contributed by atoms with Crippen LogP contribution in [0.5, 0.6) is 0 Å². The van der Waals surface area contributed by atoms with Crippen LogP contribution in [-0.2, 0) is 14.4 Å². The van der Waals surface area contributed by atoms with Crippen LogP contribution in [-0.4, -0.2) is 50.5 Å². The van der Waals surface area contributed by atoms with Crippen molar-refractivity contribution in [2.45, 2.75) is 38.6 Å². The highest BCUT2D eigenvalue weighted by atomic mass is 16.4. The van der Waals surface area contributed by atoms with Gasteiger partial charge in [0.05, 0.1) is 0 Å². The average Bonchev–Trinajstić information content (AvgIpc) is 2.13. The number of Topliss-reactive ketones (excluding diaryl/α,β-unsaturated/α-hetero) is 3. The highest BCUT2D eigenvalue weighted by molar-refractivity contribution is 6.09. The molecule has 3 N–H and O–H groups in total. The monoisotopic (exact) mass is 218 g/mol. The largest absolute Gasteiger partial charge is 0.386 e. The second-order valence-electron chi connectivity index (χ2n) is 3.38. The lowest BCUT2D eigenvalue weighted by atomic mass is 9.84. The molecule has 2 unspecified atom stereocenters. The number of aliphatic hydroxyl groups is 3. The first kappa shape index (κ1) is 13.9. The van der Waals surface area contributed by atoms with Crippen molar-refractivity contribution >= 4 is 17.3 Å². The maximum absolute atomic E-state index is 11.0. The Hall–Kier alpha value is -1.11. The molecule has 0 amide bonds. The Morgan fingerprint density at radius 1 is 1.00 bits per heavy atom. The van der Waals surface area contributed by atoms with E-state index in [0.29, 0.717) is 0 Å². The molecule has 15 heavy (non-hydrogen) atoms. The van der Waals surface area contributed by atoms with Crippen LogP contribution in [0.1, 0.15) is 20.8 Å². The van der Waals surface area contributed by atoms with Crippen molar-refractivity contribution in [1.82, 2.24) is 0 Å². The van der Waals surface area contributed by atoms with E-state index in [1.807, 2.05) is 0 Å². The zero-order valence-electron chi connectivity index (χ0n) is 8.72. The molecule has 0 aromatic rings. The van der Waals surface area contributed by atoms with E-state index in [-0.39, 0.29) is 0 Å². The minimum absolute atomic E-state index is 0.844. The molecule has 86 valence electrons. The normalized spacial score (nSPS) is 15.6. The van der Waals surface area contributed by atoms with Crippen LogP contribution in [0.3, 0.4) is 0 Å². The Labute approximate surface area is 86.5 Å². The van der Waals surface area contributed by atoms with Crippen LogP contribution >= 0.6 is 0 Å². The van der Waals surface area contributed by atoms with E-state index >= 15 is 0 Å². The van der Waals surface area contributed by atoms with E-state index in [9.17, 15) is 24.6 Å². The third kappa shape index (κ3) is 2.47. The van der Waals surface area contributed by atoms with E-state index in [2.05, 4.69) is 0 Å². The molecule has 6 nitrogen and oxygen atoms in total. The Morgan fingerprint density at radius 2 is 1.33 bits per heavy atom. The topological polar surface area (TPSA) is 112 Å². The number of carbonyl (C=O) groups excluding carboxylic acids is 3. The summed E-state index contributed by atoms with van der Waals surface area (Å²) in [6.07, 6.45) is -4.12. The van der Waals surface area contributed by atoms with Crippen molar-refractivity contribution in [1.29, 1.82) is 0 Å². The van der Waals surface area contributed by atoms with Gasteiger partial charge in [-0.1, -0.05) is 0 Å². The quantitative estimate of drug-likeness (QED) is 0.470. The molecular formula is C9H14O6. The number of ketones is 3. The molecule has 0 aliphatic heterocycles. The Morgan fingerprint density at radius 3 is 1.53 bits per heavy atom. The van der Waals surface area contributed by atoms with Crippen molar-refractivity contribution < 1.29 is 29.7 Å². The molecule has 0 spiro atoms. The molecule has 0 aliphatic carbocycles. The second-order valence-corrected chi connectivity index (χ2v) is 3.38. The van der Waals surface area contributed by atoms with Gasteiger partial charge in [0.2, 0.25) is 5.60 Å². The summed E-state index contributed by atoms with van der Waals surface area (Å²) in [5.74, 6) is -2.89. The van der Waals surface area contributed by atoms with Gasteiger partial charge >= 0.3 is 0 Å². The lowest BCUT2D eigenvalue weighted by Crippen LogP contribution is -2.59. The number of rotatable bonds is 5. The Bertz CT molecular complexity index is 281. The maximum atomic E-state index is 11.0. The minimum Gasteiger partial charge on any atom is -0.386 e. The van der Waals surface area contributed by atoms with Gasteiger partial charge in [-0.2, -0.15) is 0 Å². The molecule has 2 atom stereocenters. The first-order chi connectivity index (χ1) is 6.65. The van der Waals surface area contributed by atoms with Gasteiger partial charge in [0.25, 0.3) is 0 Å². The van der Waals surface area contributed by atoms with E-state index < -0.39 is 35.2 Å². The van der Waals surface area contributed by atoms with Gasteiger partial charge in [0.1, 0.15) is 12.2 Å². The zero-order valence-corrected chi connectivity index (χ0v) is 8.72. The van der Waals surface area contributed by atoms with Crippen LogP contribution in [0.4, 0.5) is 0 Å². The lowest BCUT2D eigenvalue weighted by Gasteiger charge is -2.29. The summed E-state index contributed by atoms with van der Waals surface area (Å²) in [7, 11) is 0. The predicted octanol–water partition coefficient (Wildman–Crippen LogP) is -1.79. The zero-order chi connectivity index (χ0) is 12.4. The fourth-order valence-corrected chi connectivity index (χ4v) is 1.12. The molecule has 6 heteroatoms. The van der Waals surface area contributed by atoms with Crippen molar-refractivity contribution in [2.75, 3.05) is 0 Å². The van der Waals surface area contributed by atoms with Gasteiger partial charge in [-0.25, -0.2) is 0 Å². The van der Waals surface area contributed by atoms with Crippen LogP contribution in [0.15, 0.2) is 0 Å². The first-order valence-corrected chi connectivity index (χ1v) is 4.26. The van der Waals surface area contributed by atoms with Crippen molar-refractivity contribution in [3.05, 3.63) is 0 Å². The summed E-state index contributed by atoms with van der Waals surface area (Å²) in [6.45, 7) is 2.74. The van der Waals surface area contributed by atoms with Crippen molar-refractivity contribution in [3.63, 3.8) is 0 Å². The van der Waals surface area contributed by atoms with Crippen LogP contribution < -0.4 is 0 Å². The van der Waals surface area contributed by atoms with E-state index in [1.54, 1.807) is 0 Å².